The predicted molar refractivity (Wildman–Crippen MR) is 110 cm³/mol. The predicted octanol–water partition coefficient (Wildman–Crippen LogP) is 2.10. The highest BCUT2D eigenvalue weighted by Crippen LogP contribution is 2.21. The van der Waals surface area contributed by atoms with E-state index in [1.54, 1.807) is 18.7 Å². The number of hydrogen-bond acceptors (Lipinski definition) is 5. The van der Waals surface area contributed by atoms with E-state index in [-0.39, 0.29) is 6.03 Å². The van der Waals surface area contributed by atoms with Crippen LogP contribution >= 0.6 is 0 Å². The molecule has 0 atom stereocenters. The summed E-state index contributed by atoms with van der Waals surface area (Å²) in [5.41, 5.74) is 3.17. The SMILES string of the molecule is O=C(NCc1ccc(-n2ccnc2)nc1)NCc1ccccc1N1CCOCC1. The van der Waals surface area contributed by atoms with Crippen molar-refractivity contribution in [3.05, 3.63) is 72.4 Å². The number of pyridine rings is 1. The van der Waals surface area contributed by atoms with Gasteiger partial charge in [-0.1, -0.05) is 24.3 Å². The highest BCUT2D eigenvalue weighted by molar-refractivity contribution is 5.74. The summed E-state index contributed by atoms with van der Waals surface area (Å²) in [5, 5.41) is 5.82. The van der Waals surface area contributed by atoms with Gasteiger partial charge in [-0.2, -0.15) is 0 Å². The van der Waals surface area contributed by atoms with Crippen LogP contribution in [0.25, 0.3) is 5.82 Å². The lowest BCUT2D eigenvalue weighted by Gasteiger charge is -2.30. The number of amides is 2. The van der Waals surface area contributed by atoms with Gasteiger partial charge in [-0.25, -0.2) is 14.8 Å². The van der Waals surface area contributed by atoms with Crippen LogP contribution in [-0.2, 0) is 17.8 Å². The Morgan fingerprint density at radius 2 is 1.90 bits per heavy atom. The maximum absolute atomic E-state index is 12.2. The Bertz CT molecular complexity index is 921. The summed E-state index contributed by atoms with van der Waals surface area (Å²) in [4.78, 5) is 22.9. The summed E-state index contributed by atoms with van der Waals surface area (Å²) in [6.07, 6.45) is 6.99. The van der Waals surface area contributed by atoms with E-state index in [2.05, 4.69) is 31.6 Å². The van der Waals surface area contributed by atoms with Crippen molar-refractivity contribution in [2.45, 2.75) is 13.1 Å². The Balaban J connectivity index is 1.28. The van der Waals surface area contributed by atoms with Gasteiger partial charge >= 0.3 is 6.03 Å². The zero-order valence-corrected chi connectivity index (χ0v) is 16.1. The van der Waals surface area contributed by atoms with E-state index >= 15 is 0 Å². The molecule has 0 bridgehead atoms. The molecule has 1 saturated heterocycles. The van der Waals surface area contributed by atoms with Crippen LogP contribution in [0, 0.1) is 0 Å². The fourth-order valence-electron chi connectivity index (χ4n) is 3.26. The van der Waals surface area contributed by atoms with Gasteiger partial charge < -0.3 is 20.3 Å². The fraction of sp³-hybridized carbons (Fsp3) is 0.286. The Kier molecular flexibility index (Phi) is 6.01. The molecule has 0 aliphatic carbocycles. The maximum Gasteiger partial charge on any atom is 0.315 e. The number of para-hydroxylation sites is 1. The molecule has 3 heterocycles. The molecule has 8 nitrogen and oxygen atoms in total. The van der Waals surface area contributed by atoms with Crippen LogP contribution in [0.5, 0.6) is 0 Å². The lowest BCUT2D eigenvalue weighted by molar-refractivity contribution is 0.122. The number of urea groups is 1. The molecule has 8 heteroatoms. The van der Waals surface area contributed by atoms with Gasteiger partial charge in [0, 0.05) is 50.5 Å². The first-order valence-corrected chi connectivity index (χ1v) is 9.65. The van der Waals surface area contributed by atoms with Gasteiger partial charge in [0.15, 0.2) is 0 Å². The van der Waals surface area contributed by atoms with E-state index in [0.29, 0.717) is 13.1 Å². The lowest BCUT2D eigenvalue weighted by Crippen LogP contribution is -2.38. The Labute approximate surface area is 169 Å². The Morgan fingerprint density at radius 1 is 1.07 bits per heavy atom. The van der Waals surface area contributed by atoms with Crippen LogP contribution in [0.15, 0.2) is 61.3 Å². The molecule has 0 radical (unpaired) electrons. The van der Waals surface area contributed by atoms with Crippen molar-refractivity contribution in [2.75, 3.05) is 31.2 Å². The second kappa shape index (κ2) is 9.20. The molecule has 1 aliphatic rings. The molecule has 0 saturated carbocycles. The van der Waals surface area contributed by atoms with Crippen LogP contribution < -0.4 is 15.5 Å². The minimum absolute atomic E-state index is 0.208. The average molecular weight is 392 g/mol. The van der Waals surface area contributed by atoms with E-state index in [9.17, 15) is 4.79 Å². The number of imidazole rings is 1. The van der Waals surface area contributed by atoms with Gasteiger partial charge in [0.05, 0.1) is 13.2 Å². The number of benzene rings is 1. The molecular formula is C21H24N6O2. The van der Waals surface area contributed by atoms with Crippen LogP contribution in [0.1, 0.15) is 11.1 Å². The van der Waals surface area contributed by atoms with Crippen molar-refractivity contribution >= 4 is 11.7 Å². The van der Waals surface area contributed by atoms with E-state index in [1.165, 1.54) is 0 Å². The molecule has 3 aromatic rings. The quantitative estimate of drug-likeness (QED) is 0.671. The maximum atomic E-state index is 12.2. The molecular weight excluding hydrogens is 368 g/mol. The average Bonchev–Trinajstić information content (AvgIpc) is 3.32. The van der Waals surface area contributed by atoms with Gasteiger partial charge in [0.25, 0.3) is 0 Å². The van der Waals surface area contributed by atoms with Crippen molar-refractivity contribution in [1.29, 1.82) is 0 Å². The molecule has 2 aromatic heterocycles. The minimum atomic E-state index is -0.208. The van der Waals surface area contributed by atoms with Gasteiger partial charge in [-0.05, 0) is 23.3 Å². The summed E-state index contributed by atoms with van der Waals surface area (Å²) in [6.45, 7) is 4.08. The second-order valence-electron chi connectivity index (χ2n) is 6.76. The molecule has 1 aliphatic heterocycles. The fourth-order valence-corrected chi connectivity index (χ4v) is 3.26. The topological polar surface area (TPSA) is 84.3 Å². The van der Waals surface area contributed by atoms with Crippen molar-refractivity contribution in [2.24, 2.45) is 0 Å². The van der Waals surface area contributed by atoms with E-state index in [0.717, 1.165) is 48.9 Å². The normalized spacial score (nSPS) is 13.9. The minimum Gasteiger partial charge on any atom is -0.378 e. The van der Waals surface area contributed by atoms with Crippen LogP contribution in [-0.4, -0.2) is 46.9 Å². The van der Waals surface area contributed by atoms with Gasteiger partial charge in [0.2, 0.25) is 0 Å². The molecule has 29 heavy (non-hydrogen) atoms. The van der Waals surface area contributed by atoms with Crippen molar-refractivity contribution < 1.29 is 9.53 Å². The van der Waals surface area contributed by atoms with Crippen LogP contribution in [0.4, 0.5) is 10.5 Å². The third kappa shape index (κ3) is 4.91. The molecule has 0 unspecified atom stereocenters. The Morgan fingerprint density at radius 3 is 2.66 bits per heavy atom. The van der Waals surface area contributed by atoms with Crippen molar-refractivity contribution in [3.8, 4) is 5.82 Å². The second-order valence-corrected chi connectivity index (χ2v) is 6.76. The third-order valence-electron chi connectivity index (χ3n) is 4.81. The van der Waals surface area contributed by atoms with E-state index in [4.69, 9.17) is 4.74 Å². The number of hydrogen-bond donors (Lipinski definition) is 2. The zero-order valence-electron chi connectivity index (χ0n) is 16.1. The van der Waals surface area contributed by atoms with Crippen LogP contribution in [0.3, 0.4) is 0 Å². The molecule has 2 amide bonds. The first-order chi connectivity index (χ1) is 14.3. The number of morpholine rings is 1. The highest BCUT2D eigenvalue weighted by atomic mass is 16.5. The lowest BCUT2D eigenvalue weighted by atomic mass is 10.1. The molecule has 150 valence electrons. The van der Waals surface area contributed by atoms with Gasteiger partial charge in [0.1, 0.15) is 12.1 Å². The third-order valence-corrected chi connectivity index (χ3v) is 4.81. The molecule has 0 spiro atoms. The standard InChI is InChI=1S/C21H24N6O2/c28-21(24-14-17-5-6-20(23-13-17)27-8-7-22-16-27)25-15-18-3-1-2-4-19(18)26-9-11-29-12-10-26/h1-8,13,16H,9-12,14-15H2,(H2,24,25,28). The number of carbonyl (C=O) groups excluding carboxylic acids is 1. The number of nitrogens with zero attached hydrogens (tertiary/aromatic N) is 4. The molecule has 2 N–H and O–H groups in total. The number of nitrogens with one attached hydrogen (secondary N) is 2. The first-order valence-electron chi connectivity index (χ1n) is 9.65. The monoisotopic (exact) mass is 392 g/mol. The number of carbonyl (C=O) groups is 1. The summed E-state index contributed by atoms with van der Waals surface area (Å²) >= 11 is 0. The zero-order chi connectivity index (χ0) is 19.9. The van der Waals surface area contributed by atoms with Gasteiger partial charge in [-0.15, -0.1) is 0 Å². The largest absolute Gasteiger partial charge is 0.378 e. The molecule has 1 aromatic carbocycles. The summed E-state index contributed by atoms with van der Waals surface area (Å²) in [5.74, 6) is 0.787. The van der Waals surface area contributed by atoms with E-state index in [1.807, 2.05) is 41.1 Å². The van der Waals surface area contributed by atoms with Crippen LogP contribution in [0.2, 0.25) is 0 Å². The number of anilines is 1. The summed E-state index contributed by atoms with van der Waals surface area (Å²) in [7, 11) is 0. The number of ether oxygens (including phenoxy) is 1. The first kappa shape index (κ1) is 18.9. The summed E-state index contributed by atoms with van der Waals surface area (Å²) < 4.78 is 7.26. The highest BCUT2D eigenvalue weighted by Gasteiger charge is 2.14. The van der Waals surface area contributed by atoms with Crippen molar-refractivity contribution in [3.63, 3.8) is 0 Å². The Hall–Kier alpha value is -3.39. The molecule has 1 fully saturated rings. The molecule has 4 rings (SSSR count). The number of rotatable bonds is 6. The van der Waals surface area contributed by atoms with Crippen molar-refractivity contribution in [1.82, 2.24) is 25.2 Å². The number of aromatic nitrogens is 3. The van der Waals surface area contributed by atoms with E-state index < -0.39 is 0 Å². The smallest absolute Gasteiger partial charge is 0.315 e. The summed E-state index contributed by atoms with van der Waals surface area (Å²) in [6, 6.07) is 11.8. The van der Waals surface area contributed by atoms with Gasteiger partial charge in [-0.3, -0.25) is 4.57 Å².